The van der Waals surface area contributed by atoms with E-state index in [-0.39, 0.29) is 0 Å². The molecule has 0 bridgehead atoms. The second kappa shape index (κ2) is 10.1. The topological polar surface area (TPSA) is 24.9 Å². The van der Waals surface area contributed by atoms with E-state index in [0.29, 0.717) is 6.61 Å². The molecule has 4 nitrogen and oxygen atoms in total. The van der Waals surface area contributed by atoms with E-state index in [1.807, 2.05) is 18.2 Å². The zero-order valence-electron chi connectivity index (χ0n) is 16.3. The molecule has 146 valence electrons. The number of halogens is 1. The van der Waals surface area contributed by atoms with Crippen LogP contribution in [0, 0.1) is 0 Å². The molecule has 0 atom stereocenters. The van der Waals surface area contributed by atoms with Gasteiger partial charge < -0.3 is 19.3 Å². The van der Waals surface area contributed by atoms with Gasteiger partial charge in [-0.15, -0.1) is 0 Å². The summed E-state index contributed by atoms with van der Waals surface area (Å²) in [7, 11) is 3.90. The fourth-order valence-corrected chi connectivity index (χ4v) is 3.80. The van der Waals surface area contributed by atoms with Crippen LogP contribution < -0.4 is 9.47 Å². The first-order valence-corrected chi connectivity index (χ1v) is 10.4. The van der Waals surface area contributed by atoms with E-state index in [9.17, 15) is 0 Å². The molecule has 5 heteroatoms. The molecular formula is C22H29BrN2O2. The molecule has 1 aliphatic heterocycles. The van der Waals surface area contributed by atoms with Gasteiger partial charge in [0.1, 0.15) is 6.61 Å². The molecule has 2 aromatic rings. The maximum atomic E-state index is 5.98. The van der Waals surface area contributed by atoms with E-state index in [2.05, 4.69) is 57.0 Å². The first kappa shape index (κ1) is 20.2. The fourth-order valence-electron chi connectivity index (χ4n) is 3.35. The summed E-state index contributed by atoms with van der Waals surface area (Å²) in [6.45, 7) is 6.41. The highest BCUT2D eigenvalue weighted by atomic mass is 79.9. The van der Waals surface area contributed by atoms with Crippen LogP contribution >= 0.6 is 15.9 Å². The molecule has 0 N–H and O–H groups in total. The van der Waals surface area contributed by atoms with Crippen LogP contribution in [0.3, 0.4) is 0 Å². The summed E-state index contributed by atoms with van der Waals surface area (Å²) >= 11 is 3.50. The number of aryl methyl sites for hydroxylation is 1. The Balaban J connectivity index is 1.51. The quantitative estimate of drug-likeness (QED) is 0.623. The summed E-state index contributed by atoms with van der Waals surface area (Å²) in [4.78, 5) is 4.96. The SMILES string of the molecule is COc1cc(CCCN2CCN(C)CC2)ccc1OCc1cccc(Br)c1. The lowest BCUT2D eigenvalue weighted by Crippen LogP contribution is -2.44. The lowest BCUT2D eigenvalue weighted by atomic mass is 10.1. The summed E-state index contributed by atoms with van der Waals surface area (Å²) in [5, 5.41) is 0. The Morgan fingerprint density at radius 1 is 0.963 bits per heavy atom. The van der Waals surface area contributed by atoms with Gasteiger partial charge in [-0.2, -0.15) is 0 Å². The minimum atomic E-state index is 0.526. The van der Waals surface area contributed by atoms with Crippen molar-refractivity contribution in [2.45, 2.75) is 19.4 Å². The summed E-state index contributed by atoms with van der Waals surface area (Å²) in [6, 6.07) is 14.5. The standard InChI is InChI=1S/C22H29BrN2O2/c1-24-11-13-25(14-12-24)10-4-6-18-8-9-21(22(16-18)26-2)27-17-19-5-3-7-20(23)15-19/h3,5,7-9,15-16H,4,6,10-14,17H2,1-2H3. The van der Waals surface area contributed by atoms with Crippen molar-refractivity contribution in [1.29, 1.82) is 0 Å². The molecule has 27 heavy (non-hydrogen) atoms. The van der Waals surface area contributed by atoms with Crippen molar-refractivity contribution in [2.24, 2.45) is 0 Å². The molecule has 1 aliphatic rings. The highest BCUT2D eigenvalue weighted by molar-refractivity contribution is 9.10. The van der Waals surface area contributed by atoms with Crippen LogP contribution in [0.15, 0.2) is 46.9 Å². The number of nitrogens with zero attached hydrogens (tertiary/aromatic N) is 2. The third kappa shape index (κ3) is 6.23. The van der Waals surface area contributed by atoms with E-state index < -0.39 is 0 Å². The van der Waals surface area contributed by atoms with E-state index in [0.717, 1.165) is 34.5 Å². The second-order valence-electron chi connectivity index (χ2n) is 7.15. The molecule has 0 aromatic heterocycles. The number of rotatable bonds is 8. The van der Waals surface area contributed by atoms with Gasteiger partial charge >= 0.3 is 0 Å². The predicted octanol–water partition coefficient (Wildman–Crippen LogP) is 4.22. The van der Waals surface area contributed by atoms with Crippen LogP contribution in [0.2, 0.25) is 0 Å². The molecule has 0 aliphatic carbocycles. The number of ether oxygens (including phenoxy) is 2. The average Bonchev–Trinajstić information content (AvgIpc) is 2.68. The lowest BCUT2D eigenvalue weighted by molar-refractivity contribution is 0.153. The summed E-state index contributed by atoms with van der Waals surface area (Å²) in [5.74, 6) is 1.60. The molecule has 1 heterocycles. The average molecular weight is 433 g/mol. The Kier molecular flexibility index (Phi) is 7.56. The Morgan fingerprint density at radius 2 is 1.78 bits per heavy atom. The van der Waals surface area contributed by atoms with Gasteiger partial charge in [-0.25, -0.2) is 0 Å². The van der Waals surface area contributed by atoms with Gasteiger partial charge in [0.05, 0.1) is 7.11 Å². The molecular weight excluding hydrogens is 404 g/mol. The molecule has 1 fully saturated rings. The van der Waals surface area contributed by atoms with Crippen LogP contribution in [-0.4, -0.2) is 56.7 Å². The molecule has 0 saturated carbocycles. The fraction of sp³-hybridized carbons (Fsp3) is 0.455. The van der Waals surface area contributed by atoms with Crippen LogP contribution in [0.5, 0.6) is 11.5 Å². The summed E-state index contributed by atoms with van der Waals surface area (Å²) < 4.78 is 12.6. The van der Waals surface area contributed by atoms with Crippen molar-refractivity contribution < 1.29 is 9.47 Å². The molecule has 3 rings (SSSR count). The van der Waals surface area contributed by atoms with Crippen LogP contribution in [0.25, 0.3) is 0 Å². The van der Waals surface area contributed by atoms with E-state index in [1.54, 1.807) is 7.11 Å². The maximum absolute atomic E-state index is 5.98. The molecule has 0 amide bonds. The first-order chi connectivity index (χ1) is 13.1. The second-order valence-corrected chi connectivity index (χ2v) is 8.07. The number of methoxy groups -OCH3 is 1. The Bertz CT molecular complexity index is 730. The zero-order valence-corrected chi connectivity index (χ0v) is 17.9. The number of hydrogen-bond acceptors (Lipinski definition) is 4. The Morgan fingerprint density at radius 3 is 2.52 bits per heavy atom. The highest BCUT2D eigenvalue weighted by Crippen LogP contribution is 2.29. The molecule has 1 saturated heterocycles. The van der Waals surface area contributed by atoms with Crippen molar-refractivity contribution in [2.75, 3.05) is 46.9 Å². The van der Waals surface area contributed by atoms with Gasteiger partial charge in [-0.3, -0.25) is 0 Å². The Hall–Kier alpha value is -1.56. The number of hydrogen-bond donors (Lipinski definition) is 0. The van der Waals surface area contributed by atoms with E-state index in [4.69, 9.17) is 9.47 Å². The van der Waals surface area contributed by atoms with Gasteiger partial charge in [0.15, 0.2) is 11.5 Å². The van der Waals surface area contributed by atoms with Gasteiger partial charge in [0.2, 0.25) is 0 Å². The van der Waals surface area contributed by atoms with E-state index in [1.165, 1.54) is 38.2 Å². The largest absolute Gasteiger partial charge is 0.493 e. The lowest BCUT2D eigenvalue weighted by Gasteiger charge is -2.32. The third-order valence-electron chi connectivity index (χ3n) is 5.05. The predicted molar refractivity (Wildman–Crippen MR) is 114 cm³/mol. The summed E-state index contributed by atoms with van der Waals surface area (Å²) in [5.41, 5.74) is 2.43. The number of likely N-dealkylation sites (N-methyl/N-ethyl adjacent to an activating group) is 1. The minimum Gasteiger partial charge on any atom is -0.493 e. The van der Waals surface area contributed by atoms with Crippen molar-refractivity contribution >= 4 is 15.9 Å². The number of piperazine rings is 1. The van der Waals surface area contributed by atoms with Gasteiger partial charge in [0, 0.05) is 30.7 Å². The monoisotopic (exact) mass is 432 g/mol. The van der Waals surface area contributed by atoms with Crippen LogP contribution in [0.4, 0.5) is 0 Å². The van der Waals surface area contributed by atoms with Crippen molar-refractivity contribution in [3.8, 4) is 11.5 Å². The van der Waals surface area contributed by atoms with Crippen molar-refractivity contribution in [3.63, 3.8) is 0 Å². The third-order valence-corrected chi connectivity index (χ3v) is 5.54. The smallest absolute Gasteiger partial charge is 0.161 e. The van der Waals surface area contributed by atoms with Crippen molar-refractivity contribution in [3.05, 3.63) is 58.1 Å². The van der Waals surface area contributed by atoms with Gasteiger partial charge in [0.25, 0.3) is 0 Å². The number of benzene rings is 2. The Labute approximate surface area is 171 Å². The van der Waals surface area contributed by atoms with E-state index >= 15 is 0 Å². The highest BCUT2D eigenvalue weighted by Gasteiger charge is 2.13. The van der Waals surface area contributed by atoms with Crippen LogP contribution in [-0.2, 0) is 13.0 Å². The maximum Gasteiger partial charge on any atom is 0.161 e. The van der Waals surface area contributed by atoms with Gasteiger partial charge in [-0.1, -0.05) is 34.1 Å². The van der Waals surface area contributed by atoms with Crippen molar-refractivity contribution in [1.82, 2.24) is 9.80 Å². The molecule has 0 radical (unpaired) electrons. The van der Waals surface area contributed by atoms with Crippen LogP contribution in [0.1, 0.15) is 17.5 Å². The first-order valence-electron chi connectivity index (χ1n) is 9.59. The zero-order chi connectivity index (χ0) is 19.1. The molecule has 0 unspecified atom stereocenters. The molecule has 2 aromatic carbocycles. The normalized spacial score (nSPS) is 15.7. The van der Waals surface area contributed by atoms with Gasteiger partial charge in [-0.05, 0) is 61.8 Å². The summed E-state index contributed by atoms with van der Waals surface area (Å²) in [6.07, 6.45) is 2.24. The minimum absolute atomic E-state index is 0.526. The molecule has 0 spiro atoms.